The molecule has 2 aromatic carbocycles. The van der Waals surface area contributed by atoms with Crippen LogP contribution in [-0.4, -0.2) is 38.6 Å². The first kappa shape index (κ1) is 19.2. The molecule has 2 aromatic rings. The zero-order valence-corrected chi connectivity index (χ0v) is 14.5. The Morgan fingerprint density at radius 2 is 1.65 bits per heavy atom. The van der Waals surface area contributed by atoms with Gasteiger partial charge < -0.3 is 20.1 Å². The van der Waals surface area contributed by atoms with Crippen molar-refractivity contribution in [3.63, 3.8) is 0 Å². The standard InChI is InChI=1S/C19H21FN2O4/c1-25-16-4-2-3-5-17(16)26-13-19(24)22-12-18(23)21-11-10-14-6-8-15(20)9-7-14/h2-9H,10-13H2,1H3,(H,21,23)(H,22,24). The number of para-hydroxylation sites is 2. The van der Waals surface area contributed by atoms with Crippen LogP contribution in [0, 0.1) is 5.82 Å². The van der Waals surface area contributed by atoms with E-state index in [1.54, 1.807) is 36.4 Å². The second-order valence-electron chi connectivity index (χ2n) is 5.44. The molecule has 0 saturated heterocycles. The molecule has 2 amide bonds. The number of amides is 2. The van der Waals surface area contributed by atoms with Crippen molar-refractivity contribution in [1.82, 2.24) is 10.6 Å². The lowest BCUT2D eigenvalue weighted by molar-refractivity contribution is -0.127. The zero-order chi connectivity index (χ0) is 18.8. The van der Waals surface area contributed by atoms with Gasteiger partial charge in [-0.15, -0.1) is 0 Å². The minimum absolute atomic E-state index is 0.141. The molecule has 26 heavy (non-hydrogen) atoms. The van der Waals surface area contributed by atoms with E-state index in [-0.39, 0.29) is 24.9 Å². The Morgan fingerprint density at radius 3 is 2.35 bits per heavy atom. The van der Waals surface area contributed by atoms with Gasteiger partial charge in [0.15, 0.2) is 18.1 Å². The average Bonchev–Trinajstić information content (AvgIpc) is 2.66. The SMILES string of the molecule is COc1ccccc1OCC(=O)NCC(=O)NCCc1ccc(F)cc1. The fourth-order valence-corrected chi connectivity index (χ4v) is 2.17. The zero-order valence-electron chi connectivity index (χ0n) is 14.5. The number of carbonyl (C=O) groups is 2. The van der Waals surface area contributed by atoms with Gasteiger partial charge in [0, 0.05) is 6.54 Å². The topological polar surface area (TPSA) is 76.7 Å². The highest BCUT2D eigenvalue weighted by molar-refractivity contribution is 5.85. The quantitative estimate of drug-likeness (QED) is 0.714. The molecule has 138 valence electrons. The van der Waals surface area contributed by atoms with Crippen LogP contribution in [0.5, 0.6) is 11.5 Å². The summed E-state index contributed by atoms with van der Waals surface area (Å²) >= 11 is 0. The normalized spacial score (nSPS) is 10.1. The molecule has 0 aliphatic rings. The van der Waals surface area contributed by atoms with E-state index in [9.17, 15) is 14.0 Å². The molecule has 0 aliphatic heterocycles. The van der Waals surface area contributed by atoms with Gasteiger partial charge in [-0.3, -0.25) is 9.59 Å². The minimum Gasteiger partial charge on any atom is -0.493 e. The van der Waals surface area contributed by atoms with Gasteiger partial charge in [0.1, 0.15) is 5.82 Å². The van der Waals surface area contributed by atoms with E-state index in [0.29, 0.717) is 24.5 Å². The van der Waals surface area contributed by atoms with E-state index in [4.69, 9.17) is 9.47 Å². The first-order valence-electron chi connectivity index (χ1n) is 8.12. The van der Waals surface area contributed by atoms with Gasteiger partial charge in [0.25, 0.3) is 5.91 Å². The molecule has 2 rings (SSSR count). The van der Waals surface area contributed by atoms with Gasteiger partial charge in [-0.2, -0.15) is 0 Å². The maximum atomic E-state index is 12.8. The molecule has 0 aliphatic carbocycles. The number of methoxy groups -OCH3 is 1. The molecular weight excluding hydrogens is 339 g/mol. The van der Waals surface area contributed by atoms with E-state index in [2.05, 4.69) is 10.6 Å². The van der Waals surface area contributed by atoms with Gasteiger partial charge in [-0.25, -0.2) is 4.39 Å². The highest BCUT2D eigenvalue weighted by Crippen LogP contribution is 2.25. The van der Waals surface area contributed by atoms with Crippen LogP contribution in [0.4, 0.5) is 4.39 Å². The number of ether oxygens (including phenoxy) is 2. The smallest absolute Gasteiger partial charge is 0.258 e. The van der Waals surface area contributed by atoms with Crippen LogP contribution in [-0.2, 0) is 16.0 Å². The molecule has 0 radical (unpaired) electrons. The first-order valence-corrected chi connectivity index (χ1v) is 8.12. The molecule has 0 heterocycles. The molecule has 0 bridgehead atoms. The summed E-state index contributed by atoms with van der Waals surface area (Å²) < 4.78 is 23.3. The van der Waals surface area contributed by atoms with E-state index >= 15 is 0 Å². The minimum atomic E-state index is -0.412. The molecule has 0 fully saturated rings. The van der Waals surface area contributed by atoms with E-state index < -0.39 is 5.91 Å². The van der Waals surface area contributed by atoms with E-state index in [1.807, 2.05) is 0 Å². The Bertz CT molecular complexity index is 735. The average molecular weight is 360 g/mol. The fourth-order valence-electron chi connectivity index (χ4n) is 2.17. The Kier molecular flexibility index (Phi) is 7.42. The monoisotopic (exact) mass is 360 g/mol. The fraction of sp³-hybridized carbons (Fsp3) is 0.263. The lowest BCUT2D eigenvalue weighted by atomic mass is 10.1. The second kappa shape index (κ2) is 10.0. The number of carbonyl (C=O) groups excluding carboxylic acids is 2. The van der Waals surface area contributed by atoms with Gasteiger partial charge in [0.2, 0.25) is 5.91 Å². The first-order chi connectivity index (χ1) is 12.6. The van der Waals surface area contributed by atoms with Crippen molar-refractivity contribution in [2.24, 2.45) is 0 Å². The summed E-state index contributed by atoms with van der Waals surface area (Å²) in [6.07, 6.45) is 0.580. The molecule has 0 unspecified atom stereocenters. The summed E-state index contributed by atoms with van der Waals surface area (Å²) in [7, 11) is 1.51. The number of benzene rings is 2. The van der Waals surface area contributed by atoms with Crippen LogP contribution < -0.4 is 20.1 Å². The van der Waals surface area contributed by atoms with E-state index in [0.717, 1.165) is 5.56 Å². The van der Waals surface area contributed by atoms with Crippen molar-refractivity contribution in [2.75, 3.05) is 26.8 Å². The Balaban J connectivity index is 1.63. The van der Waals surface area contributed by atoms with Crippen molar-refractivity contribution in [3.8, 4) is 11.5 Å². The van der Waals surface area contributed by atoms with Gasteiger partial charge in [-0.05, 0) is 36.2 Å². The van der Waals surface area contributed by atoms with Crippen molar-refractivity contribution < 1.29 is 23.5 Å². The molecule has 0 atom stereocenters. The van der Waals surface area contributed by atoms with E-state index in [1.165, 1.54) is 19.2 Å². The third-order valence-corrected chi connectivity index (χ3v) is 3.52. The summed E-state index contributed by atoms with van der Waals surface area (Å²) in [5, 5.41) is 5.16. The van der Waals surface area contributed by atoms with Crippen molar-refractivity contribution >= 4 is 11.8 Å². The van der Waals surface area contributed by atoms with Crippen LogP contribution in [0.3, 0.4) is 0 Å². The Labute approximate surface area is 151 Å². The predicted molar refractivity (Wildman–Crippen MR) is 94.6 cm³/mol. The summed E-state index contributed by atoms with van der Waals surface area (Å²) in [4.78, 5) is 23.5. The molecule has 7 heteroatoms. The van der Waals surface area contributed by atoms with Crippen molar-refractivity contribution in [3.05, 3.63) is 59.9 Å². The number of hydrogen-bond donors (Lipinski definition) is 2. The largest absolute Gasteiger partial charge is 0.493 e. The lowest BCUT2D eigenvalue weighted by Gasteiger charge is -2.10. The van der Waals surface area contributed by atoms with Crippen LogP contribution in [0.15, 0.2) is 48.5 Å². The number of hydrogen-bond acceptors (Lipinski definition) is 4. The lowest BCUT2D eigenvalue weighted by Crippen LogP contribution is -2.39. The van der Waals surface area contributed by atoms with Gasteiger partial charge in [0.05, 0.1) is 13.7 Å². The predicted octanol–water partition coefficient (Wildman–Crippen LogP) is 1.69. The maximum Gasteiger partial charge on any atom is 0.258 e. The van der Waals surface area contributed by atoms with Crippen LogP contribution >= 0.6 is 0 Å². The molecule has 6 nitrogen and oxygen atoms in total. The van der Waals surface area contributed by atoms with Crippen LogP contribution in [0.1, 0.15) is 5.56 Å². The number of halogens is 1. The molecule has 2 N–H and O–H groups in total. The summed E-state index contributed by atoms with van der Waals surface area (Å²) in [5.74, 6) is -0.0362. The summed E-state index contributed by atoms with van der Waals surface area (Å²) in [6.45, 7) is 0.0405. The summed E-state index contributed by atoms with van der Waals surface area (Å²) in [5.41, 5.74) is 0.918. The summed E-state index contributed by atoms with van der Waals surface area (Å²) in [6, 6.07) is 13.1. The highest BCUT2D eigenvalue weighted by atomic mass is 19.1. The van der Waals surface area contributed by atoms with Gasteiger partial charge in [-0.1, -0.05) is 24.3 Å². The molecule has 0 aromatic heterocycles. The van der Waals surface area contributed by atoms with Crippen LogP contribution in [0.2, 0.25) is 0 Å². The van der Waals surface area contributed by atoms with Crippen LogP contribution in [0.25, 0.3) is 0 Å². The number of nitrogens with one attached hydrogen (secondary N) is 2. The van der Waals surface area contributed by atoms with Crippen molar-refractivity contribution in [2.45, 2.75) is 6.42 Å². The second-order valence-corrected chi connectivity index (χ2v) is 5.44. The molecule has 0 saturated carbocycles. The molecule has 0 spiro atoms. The number of rotatable bonds is 9. The van der Waals surface area contributed by atoms with Gasteiger partial charge >= 0.3 is 0 Å². The third-order valence-electron chi connectivity index (χ3n) is 3.52. The van der Waals surface area contributed by atoms with Crippen molar-refractivity contribution in [1.29, 1.82) is 0 Å². The molecular formula is C19H21FN2O4. The highest BCUT2D eigenvalue weighted by Gasteiger charge is 2.08. The third kappa shape index (κ3) is 6.43. The Hall–Kier alpha value is -3.09. The Morgan fingerprint density at radius 1 is 0.962 bits per heavy atom. The maximum absolute atomic E-state index is 12.8.